The molecule has 5 aliphatic carbocycles. The lowest BCUT2D eigenvalue weighted by Gasteiger charge is -2.31. The van der Waals surface area contributed by atoms with Gasteiger partial charge in [-0.3, -0.25) is 0 Å². The number of hydrogen-bond donors (Lipinski definition) is 0. The summed E-state index contributed by atoms with van der Waals surface area (Å²) >= 11 is 12.7. The topological polar surface area (TPSA) is 9.23 Å². The van der Waals surface area contributed by atoms with Crippen molar-refractivity contribution in [1.82, 2.24) is 0 Å². The van der Waals surface area contributed by atoms with Crippen LogP contribution in [0.15, 0.2) is 0 Å². The maximum Gasteiger partial charge on any atom is 0.125 e. The molecule has 6 aliphatic rings. The van der Waals surface area contributed by atoms with Gasteiger partial charge in [0.1, 0.15) is 4.33 Å². The molecule has 74 valence electrons. The van der Waals surface area contributed by atoms with Crippen molar-refractivity contribution in [3.63, 3.8) is 0 Å². The van der Waals surface area contributed by atoms with E-state index >= 15 is 0 Å². The number of ether oxygens (including phenoxy) is 1. The Kier molecular flexibility index (Phi) is 0.753. The van der Waals surface area contributed by atoms with Gasteiger partial charge in [-0.05, 0) is 35.5 Å². The van der Waals surface area contributed by atoms with E-state index in [2.05, 4.69) is 0 Å². The highest BCUT2D eigenvalue weighted by Gasteiger charge is 2.93. The van der Waals surface area contributed by atoms with E-state index in [4.69, 9.17) is 27.9 Å². The summed E-state index contributed by atoms with van der Waals surface area (Å²) in [4.78, 5) is 0. The molecule has 10 atom stereocenters. The Balaban J connectivity index is 1.63. The maximum absolute atomic E-state index is 6.37. The SMILES string of the molecule is ClC1(Cl)C2C3C4OC5C6C(C53)C6C4C21. The van der Waals surface area contributed by atoms with E-state index in [0.29, 0.717) is 24.0 Å². The van der Waals surface area contributed by atoms with Crippen molar-refractivity contribution in [3.05, 3.63) is 0 Å². The minimum Gasteiger partial charge on any atom is -0.374 e. The highest BCUT2D eigenvalue weighted by atomic mass is 35.5. The van der Waals surface area contributed by atoms with Crippen LogP contribution in [0.2, 0.25) is 0 Å². The van der Waals surface area contributed by atoms with Gasteiger partial charge in [-0.2, -0.15) is 0 Å². The van der Waals surface area contributed by atoms with Gasteiger partial charge in [-0.15, -0.1) is 23.2 Å². The Morgan fingerprint density at radius 1 is 0.714 bits per heavy atom. The summed E-state index contributed by atoms with van der Waals surface area (Å²) in [6.07, 6.45) is 1.22. The zero-order chi connectivity index (χ0) is 8.98. The quantitative estimate of drug-likeness (QED) is 0.576. The molecular formula is C11H10Cl2O. The van der Waals surface area contributed by atoms with Crippen LogP contribution in [0.1, 0.15) is 0 Å². The molecule has 4 bridgehead atoms. The van der Waals surface area contributed by atoms with Crippen molar-refractivity contribution in [1.29, 1.82) is 0 Å². The first-order valence-corrected chi connectivity index (χ1v) is 6.52. The highest BCUT2D eigenvalue weighted by molar-refractivity contribution is 6.51. The summed E-state index contributed by atoms with van der Waals surface area (Å²) in [6.45, 7) is 0. The Morgan fingerprint density at radius 3 is 2.00 bits per heavy atom. The van der Waals surface area contributed by atoms with E-state index in [9.17, 15) is 0 Å². The summed E-state index contributed by atoms with van der Waals surface area (Å²) in [5.74, 6) is 6.56. The van der Waals surface area contributed by atoms with Crippen LogP contribution in [0.3, 0.4) is 0 Å². The summed E-state index contributed by atoms with van der Waals surface area (Å²) in [7, 11) is 0. The number of alkyl halides is 2. The average Bonchev–Trinajstić information content (AvgIpc) is 2.82. The van der Waals surface area contributed by atoms with Crippen LogP contribution in [-0.2, 0) is 4.74 Å². The predicted molar refractivity (Wildman–Crippen MR) is 51.0 cm³/mol. The van der Waals surface area contributed by atoms with Crippen LogP contribution in [0.25, 0.3) is 0 Å². The maximum atomic E-state index is 6.37. The number of rotatable bonds is 0. The van der Waals surface area contributed by atoms with Gasteiger partial charge in [0.15, 0.2) is 0 Å². The molecule has 0 radical (unpaired) electrons. The van der Waals surface area contributed by atoms with E-state index in [-0.39, 0.29) is 4.33 Å². The molecule has 0 N–H and O–H groups in total. The molecule has 5 saturated carbocycles. The monoisotopic (exact) mass is 228 g/mol. The fourth-order valence-corrected chi connectivity index (χ4v) is 7.15. The molecule has 1 nitrogen and oxygen atoms in total. The van der Waals surface area contributed by atoms with Crippen molar-refractivity contribution in [2.45, 2.75) is 16.5 Å². The molecule has 3 heteroatoms. The molecule has 6 rings (SSSR count). The highest BCUT2D eigenvalue weighted by Crippen LogP contribution is 2.90. The van der Waals surface area contributed by atoms with Crippen molar-refractivity contribution in [3.8, 4) is 0 Å². The third-order valence-electron chi connectivity index (χ3n) is 6.35. The van der Waals surface area contributed by atoms with Crippen molar-refractivity contribution < 1.29 is 4.74 Å². The number of fused-ring (bicyclic) bond motifs is 5. The van der Waals surface area contributed by atoms with Gasteiger partial charge in [0, 0.05) is 11.8 Å². The molecule has 6 fully saturated rings. The molecule has 0 aromatic heterocycles. The second-order valence-corrected chi connectivity index (χ2v) is 7.70. The van der Waals surface area contributed by atoms with E-state index in [1.165, 1.54) is 0 Å². The summed E-state index contributed by atoms with van der Waals surface area (Å²) in [5.41, 5.74) is 0. The molecule has 0 amide bonds. The normalized spacial score (nSPS) is 86.1. The second kappa shape index (κ2) is 1.51. The fraction of sp³-hybridized carbons (Fsp3) is 1.00. The third kappa shape index (κ3) is 0.401. The molecule has 1 heterocycles. The second-order valence-electron chi connectivity index (χ2n) is 6.26. The smallest absolute Gasteiger partial charge is 0.125 e. The van der Waals surface area contributed by atoms with Gasteiger partial charge in [0.2, 0.25) is 0 Å². The van der Waals surface area contributed by atoms with Crippen LogP contribution >= 0.6 is 23.2 Å². The standard InChI is InChI=1S/C11H10Cl2O/c12-11(13)7-5-2-1-3(2)9-4(1)6(8(7)11)10(5)14-9/h1-10H. The lowest BCUT2D eigenvalue weighted by Crippen LogP contribution is -2.36. The molecule has 14 heavy (non-hydrogen) atoms. The average molecular weight is 229 g/mol. The zero-order valence-corrected chi connectivity index (χ0v) is 8.95. The van der Waals surface area contributed by atoms with Crippen LogP contribution in [0.4, 0.5) is 0 Å². The number of halogens is 2. The van der Waals surface area contributed by atoms with E-state index in [1.54, 1.807) is 0 Å². The molecule has 0 spiro atoms. The van der Waals surface area contributed by atoms with Gasteiger partial charge in [-0.25, -0.2) is 0 Å². The first-order valence-electron chi connectivity index (χ1n) is 5.76. The third-order valence-corrected chi connectivity index (χ3v) is 7.36. The Labute approximate surface area is 92.1 Å². The largest absolute Gasteiger partial charge is 0.374 e. The fourth-order valence-electron chi connectivity index (χ4n) is 6.15. The van der Waals surface area contributed by atoms with Crippen LogP contribution in [0.5, 0.6) is 0 Å². The number of hydrogen-bond acceptors (Lipinski definition) is 1. The summed E-state index contributed by atoms with van der Waals surface area (Å²) in [6, 6.07) is 0. The van der Waals surface area contributed by atoms with Crippen LogP contribution in [-0.4, -0.2) is 16.5 Å². The van der Waals surface area contributed by atoms with E-state index in [1.807, 2.05) is 0 Å². The zero-order valence-electron chi connectivity index (χ0n) is 7.44. The van der Waals surface area contributed by atoms with E-state index in [0.717, 1.165) is 35.5 Å². The Hall–Kier alpha value is 0.540. The summed E-state index contributed by atoms with van der Waals surface area (Å²) < 4.78 is 5.79. The van der Waals surface area contributed by atoms with Crippen LogP contribution in [0, 0.1) is 47.3 Å². The molecule has 1 aliphatic heterocycles. The minimum atomic E-state index is -0.356. The Morgan fingerprint density at radius 2 is 1.21 bits per heavy atom. The van der Waals surface area contributed by atoms with Gasteiger partial charge < -0.3 is 4.74 Å². The molecule has 1 saturated heterocycles. The van der Waals surface area contributed by atoms with Gasteiger partial charge in [0.25, 0.3) is 0 Å². The molecule has 0 aromatic carbocycles. The van der Waals surface area contributed by atoms with Crippen molar-refractivity contribution >= 4 is 23.2 Å². The van der Waals surface area contributed by atoms with E-state index < -0.39 is 0 Å². The lowest BCUT2D eigenvalue weighted by atomic mass is 9.71. The van der Waals surface area contributed by atoms with Crippen molar-refractivity contribution in [2.24, 2.45) is 47.3 Å². The summed E-state index contributed by atoms with van der Waals surface area (Å²) in [5, 5.41) is 0. The molecule has 0 aromatic rings. The molecular weight excluding hydrogens is 219 g/mol. The van der Waals surface area contributed by atoms with Gasteiger partial charge in [-0.1, -0.05) is 0 Å². The predicted octanol–water partition coefficient (Wildman–Crippen LogP) is 1.93. The molecule has 10 unspecified atom stereocenters. The first kappa shape index (κ1) is 6.98. The first-order chi connectivity index (χ1) is 6.73. The van der Waals surface area contributed by atoms with Crippen LogP contribution < -0.4 is 0 Å². The lowest BCUT2D eigenvalue weighted by molar-refractivity contribution is -0.0563. The van der Waals surface area contributed by atoms with Gasteiger partial charge in [0.05, 0.1) is 12.2 Å². The van der Waals surface area contributed by atoms with Gasteiger partial charge >= 0.3 is 0 Å². The Bertz CT molecular complexity index is 378. The minimum absolute atomic E-state index is 0.356. The van der Waals surface area contributed by atoms with Crippen molar-refractivity contribution in [2.75, 3.05) is 0 Å².